The van der Waals surface area contributed by atoms with Crippen molar-refractivity contribution in [3.63, 3.8) is 0 Å². The molecule has 0 radical (unpaired) electrons. The van der Waals surface area contributed by atoms with E-state index in [2.05, 4.69) is 0 Å². The van der Waals surface area contributed by atoms with Crippen LogP contribution >= 0.6 is 0 Å². The van der Waals surface area contributed by atoms with E-state index in [-0.39, 0.29) is 18.6 Å². The summed E-state index contributed by atoms with van der Waals surface area (Å²) in [4.78, 5) is 13.9. The number of carbonyl (C=O) groups excluding carboxylic acids is 1. The highest BCUT2D eigenvalue weighted by Crippen LogP contribution is 2.22. The first-order chi connectivity index (χ1) is 9.65. The van der Waals surface area contributed by atoms with Crippen molar-refractivity contribution in [3.8, 4) is 5.75 Å². The van der Waals surface area contributed by atoms with Gasteiger partial charge in [0.05, 0.1) is 19.8 Å². The Hall–Kier alpha value is -1.81. The second-order valence-corrected chi connectivity index (χ2v) is 5.09. The lowest BCUT2D eigenvalue weighted by Gasteiger charge is -2.21. The molecule has 1 saturated heterocycles. The maximum absolute atomic E-state index is 12.2. The maximum Gasteiger partial charge on any atom is 0.246 e. The number of methoxy groups -OCH3 is 1. The second-order valence-electron chi connectivity index (χ2n) is 5.09. The molecule has 1 aromatic rings. The fraction of sp³-hybridized carbons (Fsp3) is 0.438. The van der Waals surface area contributed by atoms with Crippen molar-refractivity contribution in [2.75, 3.05) is 20.3 Å². The van der Waals surface area contributed by atoms with Crippen LogP contribution in [0.2, 0.25) is 0 Å². The minimum absolute atomic E-state index is 0.0351. The Morgan fingerprint density at radius 2 is 2.35 bits per heavy atom. The molecule has 4 heteroatoms. The molecule has 20 heavy (non-hydrogen) atoms. The highest BCUT2D eigenvalue weighted by Gasteiger charge is 2.26. The molecule has 1 amide bonds. The Bertz CT molecular complexity index is 510. The van der Waals surface area contributed by atoms with Gasteiger partial charge in [-0.1, -0.05) is 11.6 Å². The molecule has 0 bridgehead atoms. The van der Waals surface area contributed by atoms with Gasteiger partial charge in [-0.15, -0.1) is 0 Å². The number of aliphatic hydroxyl groups is 1. The number of amides is 1. The minimum Gasteiger partial charge on any atom is -0.496 e. The van der Waals surface area contributed by atoms with Crippen LogP contribution in [-0.4, -0.2) is 42.2 Å². The highest BCUT2D eigenvalue weighted by molar-refractivity contribution is 5.92. The zero-order chi connectivity index (χ0) is 14.5. The number of hydrogen-bond acceptors (Lipinski definition) is 3. The zero-order valence-corrected chi connectivity index (χ0v) is 12.0. The minimum atomic E-state index is -0.0508. The second kappa shape index (κ2) is 6.57. The molecule has 108 valence electrons. The molecule has 1 unspecified atom stereocenters. The van der Waals surface area contributed by atoms with Crippen molar-refractivity contribution in [1.82, 2.24) is 4.90 Å². The molecule has 2 rings (SSSR count). The van der Waals surface area contributed by atoms with Crippen molar-refractivity contribution in [1.29, 1.82) is 0 Å². The summed E-state index contributed by atoms with van der Waals surface area (Å²) >= 11 is 0. The molecular formula is C16H21NO3. The summed E-state index contributed by atoms with van der Waals surface area (Å²) in [5, 5.41) is 9.25. The molecule has 1 aromatic carbocycles. The Kier molecular flexibility index (Phi) is 4.79. The summed E-state index contributed by atoms with van der Waals surface area (Å²) in [5.41, 5.74) is 2.01. The zero-order valence-electron chi connectivity index (χ0n) is 12.0. The Labute approximate surface area is 119 Å². The molecule has 0 spiro atoms. The van der Waals surface area contributed by atoms with Crippen molar-refractivity contribution < 1.29 is 14.6 Å². The summed E-state index contributed by atoms with van der Waals surface area (Å²) in [7, 11) is 1.62. The average Bonchev–Trinajstić information content (AvgIpc) is 2.93. The van der Waals surface area contributed by atoms with Crippen LogP contribution in [0.3, 0.4) is 0 Å². The van der Waals surface area contributed by atoms with Gasteiger partial charge in [-0.3, -0.25) is 4.79 Å². The van der Waals surface area contributed by atoms with Gasteiger partial charge in [0.1, 0.15) is 5.75 Å². The monoisotopic (exact) mass is 275 g/mol. The number of rotatable bonds is 4. The predicted molar refractivity (Wildman–Crippen MR) is 78.6 cm³/mol. The number of ether oxygens (including phenoxy) is 1. The van der Waals surface area contributed by atoms with Crippen molar-refractivity contribution in [2.24, 2.45) is 0 Å². The Morgan fingerprint density at radius 3 is 3.05 bits per heavy atom. The van der Waals surface area contributed by atoms with E-state index in [0.29, 0.717) is 0 Å². The van der Waals surface area contributed by atoms with E-state index in [9.17, 15) is 9.90 Å². The largest absolute Gasteiger partial charge is 0.496 e. The van der Waals surface area contributed by atoms with E-state index in [1.165, 1.54) is 0 Å². The first kappa shape index (κ1) is 14.6. The van der Waals surface area contributed by atoms with Gasteiger partial charge in [0.15, 0.2) is 0 Å². The lowest BCUT2D eigenvalue weighted by atomic mass is 10.1. The van der Waals surface area contributed by atoms with Gasteiger partial charge in [0.25, 0.3) is 0 Å². The molecule has 0 saturated carbocycles. The lowest BCUT2D eigenvalue weighted by Crippen LogP contribution is -2.36. The normalized spacial score (nSPS) is 18.8. The third kappa shape index (κ3) is 3.20. The van der Waals surface area contributed by atoms with E-state index in [0.717, 1.165) is 36.3 Å². The van der Waals surface area contributed by atoms with E-state index >= 15 is 0 Å². The first-order valence-electron chi connectivity index (χ1n) is 6.90. The van der Waals surface area contributed by atoms with Gasteiger partial charge >= 0.3 is 0 Å². The van der Waals surface area contributed by atoms with Crippen molar-refractivity contribution in [2.45, 2.75) is 25.8 Å². The summed E-state index contributed by atoms with van der Waals surface area (Å²) in [5.74, 6) is 0.699. The van der Waals surface area contributed by atoms with E-state index in [4.69, 9.17) is 4.74 Å². The van der Waals surface area contributed by atoms with Crippen LogP contribution in [0.1, 0.15) is 24.0 Å². The fourth-order valence-corrected chi connectivity index (χ4v) is 2.56. The van der Waals surface area contributed by atoms with Gasteiger partial charge in [-0.25, -0.2) is 0 Å². The van der Waals surface area contributed by atoms with Crippen molar-refractivity contribution >= 4 is 12.0 Å². The first-order valence-corrected chi connectivity index (χ1v) is 6.90. The number of nitrogens with zero attached hydrogens (tertiary/aromatic N) is 1. The lowest BCUT2D eigenvalue weighted by molar-refractivity contribution is -0.127. The summed E-state index contributed by atoms with van der Waals surface area (Å²) in [6.07, 6.45) is 5.18. The smallest absolute Gasteiger partial charge is 0.246 e. The van der Waals surface area contributed by atoms with Gasteiger partial charge < -0.3 is 14.7 Å². The van der Waals surface area contributed by atoms with Crippen LogP contribution in [0.25, 0.3) is 6.08 Å². The van der Waals surface area contributed by atoms with Crippen LogP contribution in [-0.2, 0) is 4.79 Å². The highest BCUT2D eigenvalue weighted by atomic mass is 16.5. The maximum atomic E-state index is 12.2. The van der Waals surface area contributed by atoms with E-state index < -0.39 is 0 Å². The standard InChI is InChI=1S/C16H21NO3/c1-12-5-7-15(20-2)13(10-12)6-8-16(19)17-9-3-4-14(17)11-18/h5-8,10,14,18H,3-4,9,11H2,1-2H3. The number of likely N-dealkylation sites (tertiary alicyclic amines) is 1. The molecule has 1 N–H and O–H groups in total. The number of carbonyl (C=O) groups is 1. The fourth-order valence-electron chi connectivity index (χ4n) is 2.56. The molecule has 1 heterocycles. The third-order valence-corrected chi connectivity index (χ3v) is 3.66. The van der Waals surface area contributed by atoms with Crippen LogP contribution in [0, 0.1) is 6.92 Å². The molecule has 0 aliphatic carbocycles. The third-order valence-electron chi connectivity index (χ3n) is 3.66. The molecule has 1 atom stereocenters. The van der Waals surface area contributed by atoms with E-state index in [1.807, 2.05) is 25.1 Å². The van der Waals surface area contributed by atoms with Gasteiger partial charge in [-0.2, -0.15) is 0 Å². The summed E-state index contributed by atoms with van der Waals surface area (Å²) in [6.45, 7) is 2.76. The quantitative estimate of drug-likeness (QED) is 0.855. The summed E-state index contributed by atoms with van der Waals surface area (Å²) < 4.78 is 5.28. The SMILES string of the molecule is COc1ccc(C)cc1C=CC(=O)N1CCCC1CO. The Morgan fingerprint density at radius 1 is 1.55 bits per heavy atom. The van der Waals surface area contributed by atoms with Gasteiger partial charge in [0, 0.05) is 18.2 Å². The number of aryl methyl sites for hydroxylation is 1. The topological polar surface area (TPSA) is 49.8 Å². The molecular weight excluding hydrogens is 254 g/mol. The average molecular weight is 275 g/mol. The molecule has 1 aliphatic rings. The number of hydrogen-bond donors (Lipinski definition) is 1. The number of benzene rings is 1. The number of aliphatic hydroxyl groups excluding tert-OH is 1. The van der Waals surface area contributed by atoms with Gasteiger partial charge in [-0.05, 0) is 38.0 Å². The molecule has 4 nitrogen and oxygen atoms in total. The predicted octanol–water partition coefficient (Wildman–Crippen LogP) is 2.00. The van der Waals surface area contributed by atoms with Crippen LogP contribution in [0.15, 0.2) is 24.3 Å². The van der Waals surface area contributed by atoms with Crippen LogP contribution in [0.4, 0.5) is 0 Å². The molecule has 1 aliphatic heterocycles. The summed E-state index contributed by atoms with van der Waals surface area (Å²) in [6, 6.07) is 5.81. The Balaban J connectivity index is 2.12. The van der Waals surface area contributed by atoms with Gasteiger partial charge in [0.2, 0.25) is 5.91 Å². The van der Waals surface area contributed by atoms with Crippen LogP contribution in [0.5, 0.6) is 5.75 Å². The van der Waals surface area contributed by atoms with Crippen LogP contribution < -0.4 is 4.74 Å². The molecule has 0 aromatic heterocycles. The van der Waals surface area contributed by atoms with Crippen molar-refractivity contribution in [3.05, 3.63) is 35.4 Å². The van der Waals surface area contributed by atoms with E-state index in [1.54, 1.807) is 24.2 Å². The molecule has 1 fully saturated rings.